The quantitative estimate of drug-likeness (QED) is 0.824. The fraction of sp³-hybridized carbons (Fsp3) is 0.375. The van der Waals surface area contributed by atoms with Crippen LogP contribution in [0.15, 0.2) is 12.1 Å². The third-order valence-corrected chi connectivity index (χ3v) is 4.43. The Morgan fingerprint density at radius 3 is 2.42 bits per heavy atom. The van der Waals surface area contributed by atoms with Crippen molar-refractivity contribution in [1.29, 1.82) is 0 Å². The molecule has 126 valence electrons. The molecule has 0 saturated carbocycles. The Bertz CT molecular complexity index is 791. The molecule has 1 fully saturated rings. The second-order valence-electron chi connectivity index (χ2n) is 6.02. The zero-order chi connectivity index (χ0) is 17.6. The molecule has 0 aliphatic carbocycles. The predicted molar refractivity (Wildman–Crippen MR) is 78.4 cm³/mol. The van der Waals surface area contributed by atoms with Gasteiger partial charge in [-0.05, 0) is 25.5 Å². The lowest BCUT2D eigenvalue weighted by atomic mass is 9.89. The van der Waals surface area contributed by atoms with Crippen LogP contribution in [0.2, 0.25) is 0 Å². The summed E-state index contributed by atoms with van der Waals surface area (Å²) in [6, 6.07) is 2.25. The third-order valence-electron chi connectivity index (χ3n) is 4.43. The fourth-order valence-corrected chi connectivity index (χ4v) is 3.03. The molecule has 0 bridgehead atoms. The zero-order valence-corrected chi connectivity index (χ0v) is 13.1. The van der Waals surface area contributed by atoms with Gasteiger partial charge in [0.15, 0.2) is 0 Å². The number of amides is 4. The number of nitrogens with zero attached hydrogens (tertiary/aromatic N) is 1. The molecule has 1 unspecified atom stereocenters. The summed E-state index contributed by atoms with van der Waals surface area (Å²) >= 11 is 0. The van der Waals surface area contributed by atoms with Crippen LogP contribution in [0.5, 0.6) is 0 Å². The molecule has 1 saturated heterocycles. The van der Waals surface area contributed by atoms with E-state index in [0.717, 1.165) is 11.0 Å². The average molecular weight is 334 g/mol. The minimum atomic E-state index is -1.49. The number of piperidine rings is 1. The molecule has 8 heteroatoms. The van der Waals surface area contributed by atoms with E-state index in [0.29, 0.717) is 0 Å². The van der Waals surface area contributed by atoms with Crippen LogP contribution in [-0.2, 0) is 20.9 Å². The summed E-state index contributed by atoms with van der Waals surface area (Å²) in [5.74, 6) is -3.26. The fourth-order valence-electron chi connectivity index (χ4n) is 3.03. The minimum absolute atomic E-state index is 0.0128. The summed E-state index contributed by atoms with van der Waals surface area (Å²) in [7, 11) is 1.39. The number of imide groups is 2. The lowest BCUT2D eigenvalue weighted by molar-refractivity contribution is -0.140. The van der Waals surface area contributed by atoms with Crippen molar-refractivity contribution < 1.29 is 28.3 Å². The number of nitrogens with one attached hydrogen (secondary N) is 1. The molecule has 4 amide bonds. The molecule has 1 atom stereocenters. The minimum Gasteiger partial charge on any atom is -0.380 e. The highest BCUT2D eigenvalue weighted by atomic mass is 19.1. The van der Waals surface area contributed by atoms with Crippen molar-refractivity contribution in [3.05, 3.63) is 34.6 Å². The maximum atomic E-state index is 14.0. The smallest absolute Gasteiger partial charge is 0.262 e. The van der Waals surface area contributed by atoms with Crippen molar-refractivity contribution >= 4 is 23.6 Å². The van der Waals surface area contributed by atoms with Crippen molar-refractivity contribution in [2.75, 3.05) is 7.11 Å². The SMILES string of the molecule is COCc1cc2c(cc1F)C(=O)N(C1(C)CCC(=O)NC1=O)C2=O. The number of carbonyl (C=O) groups is 4. The molecule has 7 nitrogen and oxygen atoms in total. The molecule has 2 heterocycles. The maximum Gasteiger partial charge on any atom is 0.262 e. The molecular formula is C16H15FN2O5. The first-order valence-corrected chi connectivity index (χ1v) is 7.34. The van der Waals surface area contributed by atoms with Crippen LogP contribution in [0.3, 0.4) is 0 Å². The van der Waals surface area contributed by atoms with Crippen LogP contribution < -0.4 is 5.32 Å². The first kappa shape index (κ1) is 16.3. The van der Waals surface area contributed by atoms with E-state index in [9.17, 15) is 23.6 Å². The van der Waals surface area contributed by atoms with E-state index in [-0.39, 0.29) is 36.1 Å². The molecule has 1 aromatic carbocycles. The van der Waals surface area contributed by atoms with Gasteiger partial charge in [-0.2, -0.15) is 0 Å². The first-order valence-electron chi connectivity index (χ1n) is 7.34. The van der Waals surface area contributed by atoms with Gasteiger partial charge in [-0.25, -0.2) is 4.39 Å². The van der Waals surface area contributed by atoms with Gasteiger partial charge in [0.25, 0.3) is 17.7 Å². The summed E-state index contributed by atoms with van der Waals surface area (Å²) in [6.45, 7) is 1.37. The summed E-state index contributed by atoms with van der Waals surface area (Å²) in [5, 5.41) is 2.14. The van der Waals surface area contributed by atoms with E-state index < -0.39 is 35.0 Å². The summed E-state index contributed by atoms with van der Waals surface area (Å²) in [6.07, 6.45) is 0.0372. The van der Waals surface area contributed by atoms with E-state index >= 15 is 0 Å². The molecule has 2 aliphatic heterocycles. The molecule has 1 aromatic rings. The highest BCUT2D eigenvalue weighted by Crippen LogP contribution is 2.35. The Balaban J connectivity index is 2.04. The van der Waals surface area contributed by atoms with Crippen LogP contribution in [0, 0.1) is 5.82 Å². The Hall–Kier alpha value is -2.61. The second kappa shape index (κ2) is 5.48. The maximum absolute atomic E-state index is 14.0. The largest absolute Gasteiger partial charge is 0.380 e. The van der Waals surface area contributed by atoms with Gasteiger partial charge in [0, 0.05) is 19.1 Å². The van der Waals surface area contributed by atoms with Crippen molar-refractivity contribution in [2.24, 2.45) is 0 Å². The Morgan fingerprint density at radius 1 is 1.21 bits per heavy atom. The van der Waals surface area contributed by atoms with Crippen LogP contribution in [0.1, 0.15) is 46.0 Å². The van der Waals surface area contributed by atoms with Crippen molar-refractivity contribution in [2.45, 2.75) is 31.9 Å². The molecule has 1 N–H and O–H groups in total. The number of hydrogen-bond donors (Lipinski definition) is 1. The van der Waals surface area contributed by atoms with Gasteiger partial charge in [-0.1, -0.05) is 0 Å². The molecule has 0 aromatic heterocycles. The number of carbonyl (C=O) groups excluding carboxylic acids is 4. The van der Waals surface area contributed by atoms with E-state index in [1.165, 1.54) is 20.1 Å². The number of methoxy groups -OCH3 is 1. The van der Waals surface area contributed by atoms with Gasteiger partial charge in [0.1, 0.15) is 11.4 Å². The number of fused-ring (bicyclic) bond motifs is 1. The molecular weight excluding hydrogens is 319 g/mol. The zero-order valence-electron chi connectivity index (χ0n) is 13.1. The Kier molecular flexibility index (Phi) is 3.71. The summed E-state index contributed by atoms with van der Waals surface area (Å²) in [5.41, 5.74) is -1.41. The third kappa shape index (κ3) is 2.22. The lowest BCUT2D eigenvalue weighted by Crippen LogP contribution is -2.62. The summed E-state index contributed by atoms with van der Waals surface area (Å²) < 4.78 is 18.9. The monoisotopic (exact) mass is 334 g/mol. The Morgan fingerprint density at radius 2 is 1.83 bits per heavy atom. The van der Waals surface area contributed by atoms with Crippen LogP contribution >= 0.6 is 0 Å². The van der Waals surface area contributed by atoms with E-state index in [1.54, 1.807) is 0 Å². The standard InChI is InChI=1S/C16H15FN2O5/c1-16(4-3-12(20)18-15(16)23)19-13(21)9-5-8(7-24-2)11(17)6-10(9)14(19)22/h5-6H,3-4,7H2,1-2H3,(H,18,20,23). The van der Waals surface area contributed by atoms with Crippen LogP contribution in [0.4, 0.5) is 4.39 Å². The topological polar surface area (TPSA) is 92.8 Å². The van der Waals surface area contributed by atoms with Crippen LogP contribution in [-0.4, -0.2) is 41.2 Å². The van der Waals surface area contributed by atoms with Gasteiger partial charge >= 0.3 is 0 Å². The van der Waals surface area contributed by atoms with Gasteiger partial charge in [-0.15, -0.1) is 0 Å². The predicted octanol–water partition coefficient (Wildman–Crippen LogP) is 0.763. The number of rotatable bonds is 3. The van der Waals surface area contributed by atoms with Gasteiger partial charge in [0.2, 0.25) is 5.91 Å². The summed E-state index contributed by atoms with van der Waals surface area (Å²) in [4.78, 5) is 49.7. The first-order chi connectivity index (χ1) is 11.3. The van der Waals surface area contributed by atoms with Gasteiger partial charge in [0.05, 0.1) is 17.7 Å². The van der Waals surface area contributed by atoms with Crippen molar-refractivity contribution in [3.8, 4) is 0 Å². The Labute approximate surface area is 136 Å². The van der Waals surface area contributed by atoms with Crippen molar-refractivity contribution in [3.63, 3.8) is 0 Å². The molecule has 0 spiro atoms. The van der Waals surface area contributed by atoms with Crippen molar-refractivity contribution in [1.82, 2.24) is 10.2 Å². The normalized spacial score (nSPS) is 23.5. The molecule has 3 rings (SSSR count). The second-order valence-corrected chi connectivity index (χ2v) is 6.02. The van der Waals surface area contributed by atoms with Gasteiger partial charge < -0.3 is 4.74 Å². The lowest BCUT2D eigenvalue weighted by Gasteiger charge is -2.38. The highest BCUT2D eigenvalue weighted by molar-refractivity contribution is 6.24. The average Bonchev–Trinajstić information content (AvgIpc) is 2.76. The van der Waals surface area contributed by atoms with E-state index in [1.807, 2.05) is 0 Å². The highest BCUT2D eigenvalue weighted by Gasteiger charge is 2.52. The number of hydrogen-bond acceptors (Lipinski definition) is 5. The molecule has 0 radical (unpaired) electrons. The van der Waals surface area contributed by atoms with Gasteiger partial charge in [-0.3, -0.25) is 29.4 Å². The van der Waals surface area contributed by atoms with E-state index in [4.69, 9.17) is 4.74 Å². The number of benzene rings is 1. The molecule has 2 aliphatic rings. The van der Waals surface area contributed by atoms with Crippen LogP contribution in [0.25, 0.3) is 0 Å². The van der Waals surface area contributed by atoms with E-state index in [2.05, 4.69) is 5.32 Å². The number of halogens is 1. The molecule has 24 heavy (non-hydrogen) atoms. The number of ether oxygens (including phenoxy) is 1.